The maximum atomic E-state index is 10.6. The molecule has 1 atom stereocenters. The van der Waals surface area contributed by atoms with E-state index in [1.54, 1.807) is 7.11 Å². The standard InChI is InChI=1S/C11H13NO3/c1-15-9-4-2-3-7-5-8(6-10(13)14)12-11(7)9/h2-4,8,12H,5-6H2,1H3,(H,13,14). The first-order chi connectivity index (χ1) is 7.20. The summed E-state index contributed by atoms with van der Waals surface area (Å²) in [5, 5.41) is 11.9. The predicted molar refractivity (Wildman–Crippen MR) is 56.4 cm³/mol. The normalized spacial score (nSPS) is 18.1. The van der Waals surface area contributed by atoms with Crippen molar-refractivity contribution in [2.45, 2.75) is 18.9 Å². The van der Waals surface area contributed by atoms with Gasteiger partial charge >= 0.3 is 5.97 Å². The molecule has 4 heteroatoms. The van der Waals surface area contributed by atoms with Gasteiger partial charge in [-0.1, -0.05) is 12.1 Å². The summed E-state index contributed by atoms with van der Waals surface area (Å²) >= 11 is 0. The quantitative estimate of drug-likeness (QED) is 0.788. The van der Waals surface area contributed by atoms with Crippen LogP contribution < -0.4 is 10.1 Å². The first kappa shape index (κ1) is 9.83. The Hall–Kier alpha value is -1.71. The van der Waals surface area contributed by atoms with Crippen molar-refractivity contribution in [2.24, 2.45) is 0 Å². The van der Waals surface area contributed by atoms with E-state index in [-0.39, 0.29) is 12.5 Å². The molecule has 0 saturated heterocycles. The van der Waals surface area contributed by atoms with Gasteiger partial charge in [-0.15, -0.1) is 0 Å². The van der Waals surface area contributed by atoms with Gasteiger partial charge in [0.2, 0.25) is 0 Å². The number of aliphatic carboxylic acids is 1. The average Bonchev–Trinajstić information content (AvgIpc) is 2.58. The molecule has 0 radical (unpaired) electrons. The van der Waals surface area contributed by atoms with Crippen LogP contribution in [0.3, 0.4) is 0 Å². The molecular formula is C11H13NO3. The number of rotatable bonds is 3. The third-order valence-electron chi connectivity index (χ3n) is 2.57. The summed E-state index contributed by atoms with van der Waals surface area (Å²) < 4.78 is 5.20. The van der Waals surface area contributed by atoms with Crippen molar-refractivity contribution in [1.82, 2.24) is 0 Å². The fourth-order valence-electron chi connectivity index (χ4n) is 1.94. The maximum absolute atomic E-state index is 10.6. The Morgan fingerprint density at radius 3 is 3.13 bits per heavy atom. The minimum atomic E-state index is -0.778. The number of ether oxygens (including phenoxy) is 1. The number of carboxylic acid groups (broad SMARTS) is 1. The zero-order valence-corrected chi connectivity index (χ0v) is 8.49. The third kappa shape index (κ3) is 1.88. The molecule has 1 heterocycles. The van der Waals surface area contributed by atoms with Crippen LogP contribution in [0, 0.1) is 0 Å². The molecule has 2 rings (SSSR count). The molecule has 4 nitrogen and oxygen atoms in total. The molecule has 1 unspecified atom stereocenters. The Labute approximate surface area is 87.9 Å². The van der Waals surface area contributed by atoms with Crippen LogP contribution in [-0.2, 0) is 11.2 Å². The fraction of sp³-hybridized carbons (Fsp3) is 0.364. The number of carbonyl (C=O) groups is 1. The maximum Gasteiger partial charge on any atom is 0.305 e. The highest BCUT2D eigenvalue weighted by Crippen LogP contribution is 2.35. The monoisotopic (exact) mass is 207 g/mol. The second kappa shape index (κ2) is 3.81. The SMILES string of the molecule is COc1cccc2c1NC(CC(=O)O)C2. The molecule has 80 valence electrons. The highest BCUT2D eigenvalue weighted by molar-refractivity contribution is 5.72. The van der Waals surface area contributed by atoms with Crippen LogP contribution in [0.1, 0.15) is 12.0 Å². The summed E-state index contributed by atoms with van der Waals surface area (Å²) in [4.78, 5) is 10.6. The molecule has 1 aromatic rings. The van der Waals surface area contributed by atoms with Gasteiger partial charge < -0.3 is 15.2 Å². The Balaban J connectivity index is 2.19. The highest BCUT2D eigenvalue weighted by Gasteiger charge is 2.24. The minimum Gasteiger partial charge on any atom is -0.495 e. The van der Waals surface area contributed by atoms with Crippen LogP contribution in [0.5, 0.6) is 5.75 Å². The number of fused-ring (bicyclic) bond motifs is 1. The molecule has 1 aliphatic heterocycles. The van der Waals surface area contributed by atoms with Crippen molar-refractivity contribution in [2.75, 3.05) is 12.4 Å². The van der Waals surface area contributed by atoms with Crippen molar-refractivity contribution in [1.29, 1.82) is 0 Å². The molecular weight excluding hydrogens is 194 g/mol. The Bertz CT molecular complexity index is 389. The first-order valence-corrected chi connectivity index (χ1v) is 4.85. The summed E-state index contributed by atoms with van der Waals surface area (Å²) in [5.41, 5.74) is 2.06. The third-order valence-corrected chi connectivity index (χ3v) is 2.57. The molecule has 0 amide bonds. The summed E-state index contributed by atoms with van der Waals surface area (Å²) in [5.74, 6) is -0.000313. The number of hydrogen-bond acceptors (Lipinski definition) is 3. The van der Waals surface area contributed by atoms with E-state index in [1.165, 1.54) is 0 Å². The van der Waals surface area contributed by atoms with Crippen LogP contribution in [-0.4, -0.2) is 24.2 Å². The number of methoxy groups -OCH3 is 1. The van der Waals surface area contributed by atoms with Crippen LogP contribution in [0.4, 0.5) is 5.69 Å². The smallest absolute Gasteiger partial charge is 0.305 e. The van der Waals surface area contributed by atoms with Crippen LogP contribution >= 0.6 is 0 Å². The lowest BCUT2D eigenvalue weighted by atomic mass is 10.1. The Morgan fingerprint density at radius 1 is 1.67 bits per heavy atom. The van der Waals surface area contributed by atoms with E-state index in [4.69, 9.17) is 9.84 Å². The van der Waals surface area contributed by atoms with Crippen LogP contribution in [0.25, 0.3) is 0 Å². The molecule has 0 saturated carbocycles. The lowest BCUT2D eigenvalue weighted by Gasteiger charge is -2.09. The van der Waals surface area contributed by atoms with E-state index < -0.39 is 5.97 Å². The van der Waals surface area contributed by atoms with E-state index in [9.17, 15) is 4.79 Å². The van der Waals surface area contributed by atoms with Gasteiger partial charge in [0, 0.05) is 6.04 Å². The first-order valence-electron chi connectivity index (χ1n) is 4.85. The second-order valence-electron chi connectivity index (χ2n) is 3.64. The zero-order chi connectivity index (χ0) is 10.8. The van der Waals surface area contributed by atoms with E-state index in [1.807, 2.05) is 18.2 Å². The van der Waals surface area contributed by atoms with Gasteiger partial charge in [0.15, 0.2) is 0 Å². The van der Waals surface area contributed by atoms with Gasteiger partial charge in [-0.25, -0.2) is 0 Å². The molecule has 1 aliphatic rings. The van der Waals surface area contributed by atoms with Gasteiger partial charge in [0.05, 0.1) is 19.2 Å². The molecule has 0 aliphatic carbocycles. The summed E-state index contributed by atoms with van der Waals surface area (Å²) in [6.45, 7) is 0. The topological polar surface area (TPSA) is 58.6 Å². The summed E-state index contributed by atoms with van der Waals surface area (Å²) in [7, 11) is 1.61. The van der Waals surface area contributed by atoms with Crippen molar-refractivity contribution < 1.29 is 14.6 Å². The van der Waals surface area contributed by atoms with Crippen molar-refractivity contribution in [3.8, 4) is 5.75 Å². The van der Waals surface area contributed by atoms with E-state index in [0.29, 0.717) is 0 Å². The lowest BCUT2D eigenvalue weighted by Crippen LogP contribution is -2.19. The summed E-state index contributed by atoms with van der Waals surface area (Å²) in [6.07, 6.45) is 0.886. The number of benzene rings is 1. The van der Waals surface area contributed by atoms with Crippen molar-refractivity contribution in [3.63, 3.8) is 0 Å². The fourth-order valence-corrected chi connectivity index (χ4v) is 1.94. The van der Waals surface area contributed by atoms with Crippen molar-refractivity contribution >= 4 is 11.7 Å². The van der Waals surface area contributed by atoms with Gasteiger partial charge in [-0.3, -0.25) is 4.79 Å². The van der Waals surface area contributed by atoms with Gasteiger partial charge in [0.1, 0.15) is 5.75 Å². The average molecular weight is 207 g/mol. The van der Waals surface area contributed by atoms with Gasteiger partial charge in [-0.2, -0.15) is 0 Å². The Morgan fingerprint density at radius 2 is 2.47 bits per heavy atom. The van der Waals surface area contributed by atoms with Crippen LogP contribution in [0.15, 0.2) is 18.2 Å². The van der Waals surface area contributed by atoms with Gasteiger partial charge in [0.25, 0.3) is 0 Å². The largest absolute Gasteiger partial charge is 0.495 e. The Kier molecular flexibility index (Phi) is 2.49. The molecule has 0 bridgehead atoms. The molecule has 0 aromatic heterocycles. The number of hydrogen-bond donors (Lipinski definition) is 2. The molecule has 0 fully saturated rings. The second-order valence-corrected chi connectivity index (χ2v) is 3.64. The number of nitrogens with one attached hydrogen (secondary N) is 1. The zero-order valence-electron chi connectivity index (χ0n) is 8.49. The molecule has 15 heavy (non-hydrogen) atoms. The highest BCUT2D eigenvalue weighted by atomic mass is 16.5. The predicted octanol–water partition coefficient (Wildman–Crippen LogP) is 1.51. The number of para-hydroxylation sites is 1. The number of anilines is 1. The van der Waals surface area contributed by atoms with E-state index in [2.05, 4.69) is 5.32 Å². The van der Waals surface area contributed by atoms with E-state index in [0.717, 1.165) is 23.4 Å². The van der Waals surface area contributed by atoms with E-state index >= 15 is 0 Å². The van der Waals surface area contributed by atoms with Gasteiger partial charge in [-0.05, 0) is 18.1 Å². The molecule has 1 aromatic carbocycles. The number of carboxylic acids is 1. The van der Waals surface area contributed by atoms with Crippen molar-refractivity contribution in [3.05, 3.63) is 23.8 Å². The lowest BCUT2D eigenvalue weighted by molar-refractivity contribution is -0.137. The molecule has 0 spiro atoms. The van der Waals surface area contributed by atoms with Crippen LogP contribution in [0.2, 0.25) is 0 Å². The molecule has 2 N–H and O–H groups in total. The summed E-state index contributed by atoms with van der Waals surface area (Å²) in [6, 6.07) is 5.76. The minimum absolute atomic E-state index is 0.0196.